The predicted molar refractivity (Wildman–Crippen MR) is 56.5 cm³/mol. The summed E-state index contributed by atoms with van der Waals surface area (Å²) in [6.07, 6.45) is 0.998. The summed E-state index contributed by atoms with van der Waals surface area (Å²) in [7, 11) is 0. The molecule has 1 aliphatic rings. The van der Waals surface area contributed by atoms with Gasteiger partial charge in [-0.25, -0.2) is 4.39 Å². The summed E-state index contributed by atoms with van der Waals surface area (Å²) in [5.41, 5.74) is -0.203. The molecule has 1 aliphatic heterocycles. The van der Waals surface area contributed by atoms with Crippen molar-refractivity contribution < 1.29 is 4.39 Å². The van der Waals surface area contributed by atoms with Crippen LogP contribution in [0.15, 0.2) is 24.3 Å². The number of halogens is 2. The number of hydrogen-bond donors (Lipinski definition) is 1. The van der Waals surface area contributed by atoms with E-state index in [1.807, 2.05) is 24.3 Å². The Morgan fingerprint density at radius 3 is 2.86 bits per heavy atom. The quantitative estimate of drug-likeness (QED) is 0.797. The van der Waals surface area contributed by atoms with Crippen LogP contribution in [-0.4, -0.2) is 18.8 Å². The molecule has 1 nitrogen and oxygen atoms in total. The van der Waals surface area contributed by atoms with Gasteiger partial charge in [-0.2, -0.15) is 0 Å². The van der Waals surface area contributed by atoms with E-state index in [-0.39, 0.29) is 0 Å². The molecule has 0 aromatic heterocycles. The van der Waals surface area contributed by atoms with Crippen molar-refractivity contribution in [2.75, 3.05) is 13.1 Å². The van der Waals surface area contributed by atoms with E-state index in [2.05, 4.69) is 5.32 Å². The van der Waals surface area contributed by atoms with Gasteiger partial charge in [0.05, 0.1) is 0 Å². The first-order valence-corrected chi connectivity index (χ1v) is 5.20. The van der Waals surface area contributed by atoms with Gasteiger partial charge in [0, 0.05) is 18.0 Å². The molecule has 0 bridgehead atoms. The minimum absolute atomic E-state index is 0.416. The van der Waals surface area contributed by atoms with Crippen molar-refractivity contribution in [2.24, 2.45) is 0 Å². The SMILES string of the molecule is FC1(Cc2ccccc2Cl)CCNC1. The van der Waals surface area contributed by atoms with Crippen LogP contribution < -0.4 is 5.32 Å². The van der Waals surface area contributed by atoms with Gasteiger partial charge in [0.2, 0.25) is 0 Å². The number of hydrogen-bond acceptors (Lipinski definition) is 1. The van der Waals surface area contributed by atoms with E-state index in [1.165, 1.54) is 0 Å². The molecule has 0 radical (unpaired) electrons. The predicted octanol–water partition coefficient (Wildman–Crippen LogP) is 2.58. The van der Waals surface area contributed by atoms with Crippen molar-refractivity contribution in [3.8, 4) is 0 Å². The molecule has 1 heterocycles. The molecule has 1 saturated heterocycles. The highest BCUT2D eigenvalue weighted by Crippen LogP contribution is 2.28. The Morgan fingerprint density at radius 2 is 2.21 bits per heavy atom. The maximum atomic E-state index is 14.1. The van der Waals surface area contributed by atoms with E-state index in [0.717, 1.165) is 12.1 Å². The molecule has 1 unspecified atom stereocenters. The Morgan fingerprint density at radius 1 is 1.43 bits per heavy atom. The van der Waals surface area contributed by atoms with E-state index < -0.39 is 5.67 Å². The van der Waals surface area contributed by atoms with Gasteiger partial charge in [-0.3, -0.25) is 0 Å². The van der Waals surface area contributed by atoms with E-state index in [0.29, 0.717) is 24.4 Å². The Balaban J connectivity index is 2.14. The number of rotatable bonds is 2. The summed E-state index contributed by atoms with van der Waals surface area (Å²) in [5, 5.41) is 3.70. The molecule has 1 atom stereocenters. The van der Waals surface area contributed by atoms with Crippen LogP contribution in [0, 0.1) is 0 Å². The zero-order valence-corrected chi connectivity index (χ0v) is 8.65. The highest BCUT2D eigenvalue weighted by Gasteiger charge is 2.33. The molecule has 2 rings (SSSR count). The van der Waals surface area contributed by atoms with Gasteiger partial charge < -0.3 is 5.32 Å². The van der Waals surface area contributed by atoms with Gasteiger partial charge in [-0.05, 0) is 24.6 Å². The summed E-state index contributed by atoms with van der Waals surface area (Å²) < 4.78 is 14.1. The van der Waals surface area contributed by atoms with Crippen molar-refractivity contribution in [3.63, 3.8) is 0 Å². The van der Waals surface area contributed by atoms with Crippen molar-refractivity contribution in [1.29, 1.82) is 0 Å². The van der Waals surface area contributed by atoms with Crippen molar-refractivity contribution in [2.45, 2.75) is 18.5 Å². The summed E-state index contributed by atoms with van der Waals surface area (Å²) in [4.78, 5) is 0. The van der Waals surface area contributed by atoms with Crippen molar-refractivity contribution >= 4 is 11.6 Å². The normalized spacial score (nSPS) is 26.7. The van der Waals surface area contributed by atoms with Crippen molar-refractivity contribution in [1.82, 2.24) is 5.32 Å². The molecule has 0 saturated carbocycles. The lowest BCUT2D eigenvalue weighted by atomic mass is 9.95. The van der Waals surface area contributed by atoms with E-state index in [1.54, 1.807) is 0 Å². The second-order valence-corrected chi connectivity index (χ2v) is 4.25. The van der Waals surface area contributed by atoms with Gasteiger partial charge in [-0.1, -0.05) is 29.8 Å². The Bertz CT molecular complexity index is 321. The molecule has 0 spiro atoms. The lowest BCUT2D eigenvalue weighted by molar-refractivity contribution is 0.190. The van der Waals surface area contributed by atoms with Crippen LogP contribution in [0.25, 0.3) is 0 Å². The summed E-state index contributed by atoms with van der Waals surface area (Å²) in [6.45, 7) is 1.21. The average Bonchev–Trinajstić information content (AvgIpc) is 2.57. The fraction of sp³-hybridized carbons (Fsp3) is 0.455. The highest BCUT2D eigenvalue weighted by molar-refractivity contribution is 6.31. The number of benzene rings is 1. The Labute approximate surface area is 88.3 Å². The maximum absolute atomic E-state index is 14.1. The van der Waals surface area contributed by atoms with Gasteiger partial charge in [-0.15, -0.1) is 0 Å². The van der Waals surface area contributed by atoms with Crippen LogP contribution in [0.4, 0.5) is 4.39 Å². The average molecular weight is 214 g/mol. The lowest BCUT2D eigenvalue weighted by Gasteiger charge is -2.18. The molecule has 14 heavy (non-hydrogen) atoms. The summed E-state index contributed by atoms with van der Waals surface area (Å²) >= 11 is 5.98. The molecular formula is C11H13ClFN. The van der Waals surface area contributed by atoms with Crippen LogP contribution in [0.2, 0.25) is 5.02 Å². The van der Waals surface area contributed by atoms with Crippen LogP contribution in [0.1, 0.15) is 12.0 Å². The summed E-state index contributed by atoms with van der Waals surface area (Å²) in [6, 6.07) is 7.46. The molecule has 76 valence electrons. The van der Waals surface area contributed by atoms with Gasteiger partial charge in [0.15, 0.2) is 0 Å². The van der Waals surface area contributed by atoms with Crippen molar-refractivity contribution in [3.05, 3.63) is 34.9 Å². The molecule has 0 amide bonds. The van der Waals surface area contributed by atoms with Crippen LogP contribution in [0.5, 0.6) is 0 Å². The third kappa shape index (κ3) is 2.07. The minimum Gasteiger partial charge on any atom is -0.313 e. The van der Waals surface area contributed by atoms with Crippen LogP contribution in [0.3, 0.4) is 0 Å². The highest BCUT2D eigenvalue weighted by atomic mass is 35.5. The monoisotopic (exact) mass is 213 g/mol. The first kappa shape index (κ1) is 9.94. The van der Waals surface area contributed by atoms with Crippen LogP contribution >= 0.6 is 11.6 Å². The first-order chi connectivity index (χ1) is 6.70. The fourth-order valence-corrected chi connectivity index (χ4v) is 2.05. The Kier molecular flexibility index (Phi) is 2.75. The second-order valence-electron chi connectivity index (χ2n) is 3.85. The van der Waals surface area contributed by atoms with Crippen LogP contribution in [-0.2, 0) is 6.42 Å². The molecule has 1 N–H and O–H groups in total. The minimum atomic E-state index is -1.11. The van der Waals surface area contributed by atoms with E-state index >= 15 is 0 Å². The molecule has 3 heteroatoms. The Hall–Kier alpha value is -0.600. The smallest absolute Gasteiger partial charge is 0.128 e. The zero-order valence-electron chi connectivity index (χ0n) is 7.89. The van der Waals surface area contributed by atoms with E-state index in [9.17, 15) is 4.39 Å². The fourth-order valence-electron chi connectivity index (χ4n) is 1.85. The maximum Gasteiger partial charge on any atom is 0.128 e. The van der Waals surface area contributed by atoms with E-state index in [4.69, 9.17) is 11.6 Å². The number of alkyl halides is 1. The lowest BCUT2D eigenvalue weighted by Crippen LogP contribution is -2.28. The third-order valence-electron chi connectivity index (χ3n) is 2.66. The topological polar surface area (TPSA) is 12.0 Å². The summed E-state index contributed by atoms with van der Waals surface area (Å²) in [5.74, 6) is 0. The van der Waals surface area contributed by atoms with Gasteiger partial charge in [0.25, 0.3) is 0 Å². The first-order valence-electron chi connectivity index (χ1n) is 4.83. The molecular weight excluding hydrogens is 201 g/mol. The number of nitrogens with one attached hydrogen (secondary N) is 1. The molecule has 1 aromatic rings. The molecule has 1 fully saturated rings. The third-order valence-corrected chi connectivity index (χ3v) is 3.03. The largest absolute Gasteiger partial charge is 0.313 e. The second kappa shape index (κ2) is 3.87. The zero-order chi connectivity index (χ0) is 10.0. The standard InChI is InChI=1S/C11H13ClFN/c12-10-4-2-1-3-9(10)7-11(13)5-6-14-8-11/h1-4,14H,5-8H2. The molecule has 0 aliphatic carbocycles. The van der Waals surface area contributed by atoms with Gasteiger partial charge in [0.1, 0.15) is 5.67 Å². The van der Waals surface area contributed by atoms with Gasteiger partial charge >= 0.3 is 0 Å². The molecule has 1 aromatic carbocycles.